The predicted molar refractivity (Wildman–Crippen MR) is 171 cm³/mol. The largest absolute Gasteiger partial charge is 0.478 e. The van der Waals surface area contributed by atoms with E-state index in [0.717, 1.165) is 55.8 Å². The Morgan fingerprint density at radius 1 is 0.905 bits per heavy atom. The van der Waals surface area contributed by atoms with Gasteiger partial charge in [-0.25, -0.2) is 14.8 Å². The van der Waals surface area contributed by atoms with Crippen molar-refractivity contribution in [3.05, 3.63) is 101 Å². The highest BCUT2D eigenvalue weighted by Crippen LogP contribution is 2.40. The Balaban J connectivity index is 1.62. The molecule has 0 saturated carbocycles. The molecule has 0 aliphatic rings. The number of hydrogen-bond acceptors (Lipinski definition) is 3. The SMILES string of the molecule is Cc1c(C(=O)O)c(-c2ccccc2)cc(C(C)(C)C)c1-n1cnc2ccc(-c3nc4c(C(C)C)cccc4n3C)cc21. The second kappa shape index (κ2) is 9.98. The molecule has 0 bridgehead atoms. The lowest BCUT2D eigenvalue weighted by molar-refractivity contribution is 0.0697. The molecular formula is C36H36N4O2. The van der Waals surface area contributed by atoms with Crippen LogP contribution in [-0.2, 0) is 12.5 Å². The standard InChI is InChI=1S/C36H36N4O2/c1-21(2)25-14-11-15-29-32(25)38-34(39(29)7)24-16-17-28-30(18-24)40(20-37-28)33-22(3)31(35(41)42)26(19-27(33)36(4,5)6)23-12-9-8-10-13-23/h8-21H,1-7H3,(H,41,42). The first-order valence-electron chi connectivity index (χ1n) is 14.4. The van der Waals surface area contributed by atoms with E-state index in [1.807, 2.05) is 49.6 Å². The van der Waals surface area contributed by atoms with E-state index in [0.29, 0.717) is 17.0 Å². The van der Waals surface area contributed by atoms with Gasteiger partial charge in [0, 0.05) is 12.6 Å². The normalized spacial score (nSPS) is 12.1. The summed E-state index contributed by atoms with van der Waals surface area (Å²) >= 11 is 0. The lowest BCUT2D eigenvalue weighted by Crippen LogP contribution is -2.19. The first kappa shape index (κ1) is 27.5. The van der Waals surface area contributed by atoms with E-state index in [1.54, 1.807) is 0 Å². The third-order valence-electron chi connectivity index (χ3n) is 8.26. The summed E-state index contributed by atoms with van der Waals surface area (Å²) in [5, 5.41) is 10.5. The van der Waals surface area contributed by atoms with Crippen LogP contribution in [0.1, 0.15) is 67.6 Å². The lowest BCUT2D eigenvalue weighted by atomic mass is 9.80. The maximum absolute atomic E-state index is 12.8. The molecule has 0 saturated heterocycles. The van der Waals surface area contributed by atoms with Crippen LogP contribution in [0.25, 0.3) is 50.3 Å². The van der Waals surface area contributed by atoms with E-state index >= 15 is 0 Å². The van der Waals surface area contributed by atoms with Crippen molar-refractivity contribution in [2.75, 3.05) is 0 Å². The number of benzene rings is 4. The molecule has 6 aromatic rings. The highest BCUT2D eigenvalue weighted by Gasteiger charge is 2.28. The van der Waals surface area contributed by atoms with E-state index in [9.17, 15) is 9.90 Å². The summed E-state index contributed by atoms with van der Waals surface area (Å²) in [4.78, 5) is 22.6. The third kappa shape index (κ3) is 4.38. The molecule has 0 fully saturated rings. The monoisotopic (exact) mass is 556 g/mol. The van der Waals surface area contributed by atoms with Gasteiger partial charge < -0.3 is 9.67 Å². The van der Waals surface area contributed by atoms with Crippen molar-refractivity contribution < 1.29 is 9.90 Å². The molecule has 0 unspecified atom stereocenters. The summed E-state index contributed by atoms with van der Waals surface area (Å²) in [5.74, 6) is 0.298. The highest BCUT2D eigenvalue weighted by atomic mass is 16.4. The van der Waals surface area contributed by atoms with Gasteiger partial charge in [-0.15, -0.1) is 0 Å². The molecule has 0 atom stereocenters. The zero-order valence-corrected chi connectivity index (χ0v) is 25.2. The van der Waals surface area contributed by atoms with Gasteiger partial charge in [0.25, 0.3) is 0 Å². The zero-order valence-electron chi connectivity index (χ0n) is 25.2. The molecule has 0 aliphatic carbocycles. The maximum atomic E-state index is 12.8. The van der Waals surface area contributed by atoms with E-state index in [4.69, 9.17) is 9.97 Å². The number of carbonyl (C=O) groups is 1. The molecule has 0 spiro atoms. The number of carboxylic acids is 1. The average Bonchev–Trinajstić information content (AvgIpc) is 3.52. The Bertz CT molecular complexity index is 1990. The molecule has 2 heterocycles. The van der Waals surface area contributed by atoms with Crippen LogP contribution >= 0.6 is 0 Å². The number of aromatic carboxylic acids is 1. The van der Waals surface area contributed by atoms with Gasteiger partial charge in [-0.05, 0) is 76.4 Å². The van der Waals surface area contributed by atoms with Gasteiger partial charge in [-0.1, -0.05) is 77.1 Å². The summed E-state index contributed by atoms with van der Waals surface area (Å²) in [6, 6.07) is 24.4. The zero-order chi connectivity index (χ0) is 29.9. The molecule has 6 rings (SSSR count). The number of hydrogen-bond donors (Lipinski definition) is 1. The van der Waals surface area contributed by atoms with E-state index in [1.165, 1.54) is 5.56 Å². The van der Waals surface area contributed by atoms with Crippen molar-refractivity contribution in [3.63, 3.8) is 0 Å². The van der Waals surface area contributed by atoms with Crippen LogP contribution in [0, 0.1) is 6.92 Å². The molecule has 6 nitrogen and oxygen atoms in total. The summed E-state index contributed by atoms with van der Waals surface area (Å²) in [6.07, 6.45) is 1.81. The van der Waals surface area contributed by atoms with Crippen molar-refractivity contribution in [2.24, 2.45) is 7.05 Å². The lowest BCUT2D eigenvalue weighted by Gasteiger charge is -2.28. The van der Waals surface area contributed by atoms with E-state index in [2.05, 4.69) is 87.2 Å². The third-order valence-corrected chi connectivity index (χ3v) is 8.26. The number of carboxylic acid groups (broad SMARTS) is 1. The minimum absolute atomic E-state index is 0.264. The smallest absolute Gasteiger partial charge is 0.336 e. The molecule has 6 heteroatoms. The van der Waals surface area contributed by atoms with Gasteiger partial charge in [-0.3, -0.25) is 4.57 Å². The minimum Gasteiger partial charge on any atom is -0.478 e. The second-order valence-corrected chi connectivity index (χ2v) is 12.4. The van der Waals surface area contributed by atoms with Crippen molar-refractivity contribution >= 4 is 28.0 Å². The fourth-order valence-electron chi connectivity index (χ4n) is 6.10. The number of rotatable bonds is 5. The van der Waals surface area contributed by atoms with Gasteiger partial charge >= 0.3 is 5.97 Å². The van der Waals surface area contributed by atoms with Crippen LogP contribution in [0.3, 0.4) is 0 Å². The average molecular weight is 557 g/mol. The molecule has 4 aromatic carbocycles. The van der Waals surface area contributed by atoms with Crippen LogP contribution < -0.4 is 0 Å². The Morgan fingerprint density at radius 3 is 2.31 bits per heavy atom. The fourth-order valence-corrected chi connectivity index (χ4v) is 6.10. The van der Waals surface area contributed by atoms with Gasteiger partial charge in [0.15, 0.2) is 0 Å². The van der Waals surface area contributed by atoms with Gasteiger partial charge in [-0.2, -0.15) is 0 Å². The Hall–Kier alpha value is -4.71. The van der Waals surface area contributed by atoms with Crippen LogP contribution in [0.2, 0.25) is 0 Å². The van der Waals surface area contributed by atoms with Crippen molar-refractivity contribution in [1.29, 1.82) is 0 Å². The van der Waals surface area contributed by atoms with Crippen LogP contribution in [-0.4, -0.2) is 30.2 Å². The maximum Gasteiger partial charge on any atom is 0.336 e. The molecular weight excluding hydrogens is 520 g/mol. The summed E-state index contributed by atoms with van der Waals surface area (Å²) in [7, 11) is 2.06. The topological polar surface area (TPSA) is 72.9 Å². The van der Waals surface area contributed by atoms with Gasteiger partial charge in [0.2, 0.25) is 0 Å². The highest BCUT2D eigenvalue weighted by molar-refractivity contribution is 6.00. The van der Waals surface area contributed by atoms with Crippen molar-refractivity contribution in [3.8, 4) is 28.2 Å². The van der Waals surface area contributed by atoms with Crippen LogP contribution in [0.4, 0.5) is 0 Å². The molecule has 42 heavy (non-hydrogen) atoms. The first-order valence-corrected chi connectivity index (χ1v) is 14.4. The molecule has 1 N–H and O–H groups in total. The molecule has 0 aliphatic heterocycles. The molecule has 212 valence electrons. The Kier molecular flexibility index (Phi) is 6.53. The molecule has 0 radical (unpaired) electrons. The predicted octanol–water partition coefficient (Wildman–Crippen LogP) is 8.67. The number of fused-ring (bicyclic) bond motifs is 2. The number of imidazole rings is 2. The van der Waals surface area contributed by atoms with Gasteiger partial charge in [0.05, 0.1) is 33.3 Å². The summed E-state index contributed by atoms with van der Waals surface area (Å²) in [5.41, 5.74) is 10.3. The second-order valence-electron chi connectivity index (χ2n) is 12.4. The molecule has 2 aromatic heterocycles. The Labute approximate surface area is 246 Å². The number of aryl methyl sites for hydroxylation is 1. The van der Waals surface area contributed by atoms with Crippen LogP contribution in [0.5, 0.6) is 0 Å². The minimum atomic E-state index is -0.946. The molecule has 0 amide bonds. The number of nitrogens with zero attached hydrogens (tertiary/aromatic N) is 4. The van der Waals surface area contributed by atoms with Crippen molar-refractivity contribution in [2.45, 2.75) is 52.9 Å². The summed E-state index contributed by atoms with van der Waals surface area (Å²) < 4.78 is 4.20. The van der Waals surface area contributed by atoms with Gasteiger partial charge in [0.1, 0.15) is 12.2 Å². The van der Waals surface area contributed by atoms with E-state index in [-0.39, 0.29) is 5.41 Å². The van der Waals surface area contributed by atoms with E-state index < -0.39 is 5.97 Å². The number of para-hydroxylation sites is 1. The quantitative estimate of drug-likeness (QED) is 0.231. The number of aromatic nitrogens is 4. The van der Waals surface area contributed by atoms with Crippen molar-refractivity contribution in [1.82, 2.24) is 19.1 Å². The van der Waals surface area contributed by atoms with Crippen LogP contribution in [0.15, 0.2) is 79.1 Å². The Morgan fingerprint density at radius 2 is 1.64 bits per heavy atom. The fraction of sp³-hybridized carbons (Fsp3) is 0.250. The summed E-state index contributed by atoms with van der Waals surface area (Å²) in [6.45, 7) is 12.8. The first-order chi connectivity index (χ1) is 20.0.